The summed E-state index contributed by atoms with van der Waals surface area (Å²) in [5, 5.41) is 10.5. The lowest BCUT2D eigenvalue weighted by atomic mass is 9.97. The van der Waals surface area contributed by atoms with E-state index in [1.54, 1.807) is 12.1 Å². The van der Waals surface area contributed by atoms with Crippen LogP contribution in [-0.4, -0.2) is 30.6 Å². The van der Waals surface area contributed by atoms with Crippen LogP contribution >= 0.6 is 0 Å². The van der Waals surface area contributed by atoms with E-state index in [0.717, 1.165) is 58.1 Å². The van der Waals surface area contributed by atoms with Crippen molar-refractivity contribution in [2.75, 3.05) is 6.54 Å². The first-order valence-electron chi connectivity index (χ1n) is 15.9. The Morgan fingerprint density at radius 3 is 1.85 bits per heavy atom. The summed E-state index contributed by atoms with van der Waals surface area (Å²) >= 11 is 0. The largest absolute Gasteiger partial charge is 0.478 e. The average molecular weight is 643 g/mol. The second kappa shape index (κ2) is 14.6. The van der Waals surface area contributed by atoms with E-state index in [2.05, 4.69) is 82.1 Å². The van der Waals surface area contributed by atoms with Gasteiger partial charge in [0.05, 0.1) is 17.4 Å². The molecule has 0 fully saturated rings. The number of hydrogen-bond acceptors (Lipinski definition) is 3. The monoisotopic (exact) mass is 642 g/mol. The number of para-hydroxylation sites is 1. The van der Waals surface area contributed by atoms with Crippen LogP contribution in [0.15, 0.2) is 140 Å². The number of carboxylic acids is 1. The van der Waals surface area contributed by atoms with E-state index in [9.17, 15) is 18.3 Å². The number of rotatable bonds is 14. The number of aryl methyl sites for hydroxylation is 2. The summed E-state index contributed by atoms with van der Waals surface area (Å²) in [6.45, 7) is 0.269. The highest BCUT2D eigenvalue weighted by molar-refractivity contribution is 7.88. The topological polar surface area (TPSA) is 88.4 Å². The van der Waals surface area contributed by atoms with E-state index in [-0.39, 0.29) is 23.9 Å². The van der Waals surface area contributed by atoms with Crippen molar-refractivity contribution in [1.29, 1.82) is 0 Å². The minimum atomic E-state index is -3.55. The fourth-order valence-corrected chi connectivity index (χ4v) is 7.59. The Labute approximate surface area is 276 Å². The molecule has 47 heavy (non-hydrogen) atoms. The van der Waals surface area contributed by atoms with Crippen molar-refractivity contribution in [1.82, 2.24) is 9.29 Å². The molecule has 0 bridgehead atoms. The maximum Gasteiger partial charge on any atom is 0.335 e. The Morgan fingerprint density at radius 2 is 1.23 bits per heavy atom. The second-order valence-electron chi connectivity index (χ2n) is 11.8. The Hall–Kier alpha value is -4.98. The molecule has 0 saturated carbocycles. The van der Waals surface area contributed by atoms with Crippen LogP contribution in [0.5, 0.6) is 0 Å². The molecule has 6 nitrogen and oxygen atoms in total. The van der Waals surface area contributed by atoms with Gasteiger partial charge in [0.25, 0.3) is 0 Å². The first-order chi connectivity index (χ1) is 22.9. The van der Waals surface area contributed by atoms with Gasteiger partial charge in [-0.1, -0.05) is 121 Å². The first-order valence-corrected chi connectivity index (χ1v) is 17.6. The summed E-state index contributed by atoms with van der Waals surface area (Å²) in [6.07, 6.45) is 2.95. The normalized spacial score (nSPS) is 11.7. The number of fused-ring (bicyclic) bond motifs is 1. The number of aromatic nitrogens is 1. The molecule has 0 aliphatic rings. The van der Waals surface area contributed by atoms with Crippen molar-refractivity contribution in [3.05, 3.63) is 179 Å². The van der Waals surface area contributed by atoms with Gasteiger partial charge in [-0.2, -0.15) is 0 Å². The Balaban J connectivity index is 1.38. The summed E-state index contributed by atoms with van der Waals surface area (Å²) in [7, 11) is -3.55. The predicted octanol–water partition coefficient (Wildman–Crippen LogP) is 7.81. The van der Waals surface area contributed by atoms with Gasteiger partial charge in [0.1, 0.15) is 0 Å². The lowest BCUT2D eigenvalue weighted by Crippen LogP contribution is -2.28. The van der Waals surface area contributed by atoms with Crippen molar-refractivity contribution in [3.63, 3.8) is 0 Å². The summed E-state index contributed by atoms with van der Waals surface area (Å²) in [6, 6.07) is 45.5. The maximum absolute atomic E-state index is 13.1. The van der Waals surface area contributed by atoms with Crippen molar-refractivity contribution in [2.45, 2.75) is 37.5 Å². The fraction of sp³-hybridized carbons (Fsp3) is 0.175. The number of sulfonamides is 1. The molecule has 0 amide bonds. The molecule has 0 saturated heterocycles. The Bertz CT molecular complexity index is 2000. The number of nitrogens with zero attached hydrogens (tertiary/aromatic N) is 1. The zero-order valence-corrected chi connectivity index (χ0v) is 26.9. The number of carbonyl (C=O) groups is 1. The van der Waals surface area contributed by atoms with Crippen LogP contribution in [0.2, 0.25) is 0 Å². The van der Waals surface area contributed by atoms with Gasteiger partial charge >= 0.3 is 5.97 Å². The van der Waals surface area contributed by atoms with Crippen LogP contribution in [0, 0.1) is 0 Å². The number of benzene rings is 5. The lowest BCUT2D eigenvalue weighted by Gasteiger charge is -2.25. The highest BCUT2D eigenvalue weighted by atomic mass is 32.2. The first kappa shape index (κ1) is 32.0. The quantitative estimate of drug-likeness (QED) is 0.127. The standard InChI is InChI=1S/C40H38N2O4S/c43-40(44)34-25-23-30(24-26-34)15-12-21-36-35-20-10-11-22-37(35)42(39(32-16-6-2-7-17-32)33-18-8-3-9-19-33)38(36)27-28-41-47(45,46)29-31-13-4-1-5-14-31/h1-11,13-14,16-20,22-26,39,41H,12,15,21,27-29H2,(H,43,44). The molecule has 0 aliphatic carbocycles. The molecule has 6 rings (SSSR count). The Morgan fingerprint density at radius 1 is 0.660 bits per heavy atom. The molecule has 1 aromatic heterocycles. The number of carboxylic acid groups (broad SMARTS) is 1. The van der Waals surface area contributed by atoms with E-state index in [1.807, 2.05) is 54.6 Å². The van der Waals surface area contributed by atoms with Crippen molar-refractivity contribution in [3.8, 4) is 0 Å². The van der Waals surface area contributed by atoms with Gasteiger partial charge < -0.3 is 9.67 Å². The smallest absolute Gasteiger partial charge is 0.335 e. The highest BCUT2D eigenvalue weighted by Gasteiger charge is 2.25. The lowest BCUT2D eigenvalue weighted by molar-refractivity contribution is 0.0697. The fourth-order valence-electron chi connectivity index (χ4n) is 6.44. The molecule has 2 N–H and O–H groups in total. The van der Waals surface area contributed by atoms with Gasteiger partial charge in [0.2, 0.25) is 10.0 Å². The molecule has 0 radical (unpaired) electrons. The van der Waals surface area contributed by atoms with E-state index in [4.69, 9.17) is 0 Å². The van der Waals surface area contributed by atoms with Gasteiger partial charge in [-0.05, 0) is 65.3 Å². The minimum Gasteiger partial charge on any atom is -0.478 e. The molecule has 1 heterocycles. The van der Waals surface area contributed by atoms with E-state index in [0.29, 0.717) is 6.42 Å². The molecule has 7 heteroatoms. The van der Waals surface area contributed by atoms with Crippen LogP contribution in [0.3, 0.4) is 0 Å². The van der Waals surface area contributed by atoms with E-state index >= 15 is 0 Å². The minimum absolute atomic E-state index is 0.0684. The number of hydrogen-bond donors (Lipinski definition) is 2. The molecule has 0 atom stereocenters. The highest BCUT2D eigenvalue weighted by Crippen LogP contribution is 2.37. The second-order valence-corrected chi connectivity index (χ2v) is 13.6. The molecular weight excluding hydrogens is 605 g/mol. The predicted molar refractivity (Wildman–Crippen MR) is 188 cm³/mol. The van der Waals surface area contributed by atoms with Crippen molar-refractivity contribution in [2.24, 2.45) is 0 Å². The molecule has 0 aliphatic heterocycles. The molecule has 0 spiro atoms. The van der Waals surface area contributed by atoms with E-state index < -0.39 is 16.0 Å². The summed E-state index contributed by atoms with van der Waals surface area (Å²) < 4.78 is 31.6. The third-order valence-electron chi connectivity index (χ3n) is 8.59. The van der Waals surface area contributed by atoms with Gasteiger partial charge in [0, 0.05) is 29.6 Å². The van der Waals surface area contributed by atoms with Crippen LogP contribution < -0.4 is 4.72 Å². The van der Waals surface area contributed by atoms with Crippen molar-refractivity contribution >= 4 is 26.9 Å². The van der Waals surface area contributed by atoms with Gasteiger partial charge in [-0.3, -0.25) is 0 Å². The zero-order chi connectivity index (χ0) is 32.6. The summed E-state index contributed by atoms with van der Waals surface area (Å²) in [5.41, 5.74) is 7.83. The molecule has 6 aromatic rings. The third-order valence-corrected chi connectivity index (χ3v) is 9.95. The van der Waals surface area contributed by atoms with Crippen LogP contribution in [-0.2, 0) is 35.0 Å². The third kappa shape index (κ3) is 7.71. The van der Waals surface area contributed by atoms with E-state index in [1.165, 1.54) is 5.56 Å². The summed E-state index contributed by atoms with van der Waals surface area (Å²) in [4.78, 5) is 11.3. The van der Waals surface area contributed by atoms with Crippen LogP contribution in [0.4, 0.5) is 0 Å². The Kier molecular flexibility index (Phi) is 9.95. The van der Waals surface area contributed by atoms with Crippen molar-refractivity contribution < 1.29 is 18.3 Å². The number of aromatic carboxylic acids is 1. The SMILES string of the molecule is O=C(O)c1ccc(CCCc2c(CCNS(=O)(=O)Cc3ccccc3)n(C(c3ccccc3)c3ccccc3)c3ccccc23)cc1. The van der Waals surface area contributed by atoms with Crippen LogP contribution in [0.25, 0.3) is 10.9 Å². The molecule has 5 aromatic carbocycles. The van der Waals surface area contributed by atoms with Gasteiger partial charge in [0.15, 0.2) is 0 Å². The van der Waals surface area contributed by atoms with Gasteiger partial charge in [-0.25, -0.2) is 17.9 Å². The average Bonchev–Trinajstić information content (AvgIpc) is 3.39. The van der Waals surface area contributed by atoms with Gasteiger partial charge in [-0.15, -0.1) is 0 Å². The molecule has 0 unspecified atom stereocenters. The number of nitrogens with one attached hydrogen (secondary N) is 1. The maximum atomic E-state index is 13.1. The summed E-state index contributed by atoms with van der Waals surface area (Å²) in [5.74, 6) is -0.999. The van der Waals surface area contributed by atoms with Crippen LogP contribution in [0.1, 0.15) is 56.3 Å². The zero-order valence-electron chi connectivity index (χ0n) is 26.1. The molecular formula is C40H38N2O4S. The molecule has 238 valence electrons.